The number of nitrogens with one attached hydrogen (secondary N) is 1. The average molecular weight is 320 g/mol. The topological polar surface area (TPSA) is 38.3 Å². The van der Waals surface area contributed by atoms with Crippen LogP contribution in [0.5, 0.6) is 0 Å². The van der Waals surface area contributed by atoms with E-state index in [9.17, 15) is 4.79 Å². The van der Waals surface area contributed by atoms with E-state index in [2.05, 4.69) is 21.2 Å². The Morgan fingerprint density at radius 1 is 1.21 bits per heavy atom. The first-order chi connectivity index (χ1) is 9.25. The summed E-state index contributed by atoms with van der Waals surface area (Å²) in [6.45, 7) is 0.680. The van der Waals surface area contributed by atoms with Gasteiger partial charge < -0.3 is 10.1 Å². The molecule has 0 aromatic heterocycles. The number of fused-ring (bicyclic) bond motifs is 1. The molecule has 2 aromatic rings. The Morgan fingerprint density at radius 2 is 2.00 bits per heavy atom. The van der Waals surface area contributed by atoms with Crippen LogP contribution >= 0.6 is 15.9 Å². The predicted molar refractivity (Wildman–Crippen MR) is 79.3 cm³/mol. The highest BCUT2D eigenvalue weighted by molar-refractivity contribution is 9.10. The van der Waals surface area contributed by atoms with Crippen LogP contribution in [0.3, 0.4) is 0 Å². The van der Waals surface area contributed by atoms with Crippen LogP contribution in [0.1, 0.15) is 12.8 Å². The van der Waals surface area contributed by atoms with Crippen LogP contribution in [-0.4, -0.2) is 18.6 Å². The number of ether oxygens (including phenoxy) is 1. The summed E-state index contributed by atoms with van der Waals surface area (Å²) in [5, 5.41) is 5.09. The summed E-state index contributed by atoms with van der Waals surface area (Å²) >= 11 is 3.53. The van der Waals surface area contributed by atoms with Gasteiger partial charge in [-0.2, -0.15) is 0 Å². The van der Waals surface area contributed by atoms with E-state index in [1.807, 2.05) is 36.4 Å². The fourth-order valence-corrected chi connectivity index (χ4v) is 2.85. The molecule has 0 bridgehead atoms. The minimum Gasteiger partial charge on any atom is -0.368 e. The van der Waals surface area contributed by atoms with Crippen LogP contribution in [0.25, 0.3) is 10.8 Å². The molecule has 1 saturated heterocycles. The molecule has 1 aliphatic heterocycles. The van der Waals surface area contributed by atoms with Gasteiger partial charge in [0.25, 0.3) is 5.91 Å². The number of rotatable bonds is 2. The van der Waals surface area contributed by atoms with Crippen LogP contribution in [0, 0.1) is 0 Å². The second kappa shape index (κ2) is 5.31. The molecule has 19 heavy (non-hydrogen) atoms. The Bertz CT molecular complexity index is 621. The van der Waals surface area contributed by atoms with Gasteiger partial charge in [-0.15, -0.1) is 0 Å². The van der Waals surface area contributed by atoms with Crippen molar-refractivity contribution in [3.8, 4) is 0 Å². The van der Waals surface area contributed by atoms with Gasteiger partial charge in [0.05, 0.1) is 0 Å². The van der Waals surface area contributed by atoms with Crippen LogP contribution in [-0.2, 0) is 9.53 Å². The number of hydrogen-bond acceptors (Lipinski definition) is 2. The molecule has 1 fully saturated rings. The molecular weight excluding hydrogens is 306 g/mol. The third-order valence-electron chi connectivity index (χ3n) is 3.35. The zero-order valence-corrected chi connectivity index (χ0v) is 11.9. The molecule has 0 spiro atoms. The highest BCUT2D eigenvalue weighted by atomic mass is 79.9. The van der Waals surface area contributed by atoms with Crippen LogP contribution in [0.4, 0.5) is 5.69 Å². The Hall–Kier alpha value is -1.39. The second-order valence-corrected chi connectivity index (χ2v) is 5.49. The summed E-state index contributed by atoms with van der Waals surface area (Å²) in [7, 11) is 0. The van der Waals surface area contributed by atoms with Crippen molar-refractivity contribution in [2.45, 2.75) is 18.9 Å². The van der Waals surface area contributed by atoms with Gasteiger partial charge in [-0.05, 0) is 30.4 Å². The highest BCUT2D eigenvalue weighted by Crippen LogP contribution is 2.30. The molecule has 3 nitrogen and oxygen atoms in total. The quantitative estimate of drug-likeness (QED) is 0.916. The van der Waals surface area contributed by atoms with Crippen molar-refractivity contribution in [1.29, 1.82) is 0 Å². The Labute approximate surface area is 120 Å². The zero-order valence-electron chi connectivity index (χ0n) is 10.4. The van der Waals surface area contributed by atoms with Crippen molar-refractivity contribution in [3.63, 3.8) is 0 Å². The summed E-state index contributed by atoms with van der Waals surface area (Å²) in [6.07, 6.45) is 1.46. The molecular formula is C15H14BrNO2. The van der Waals surface area contributed by atoms with Gasteiger partial charge in [-0.3, -0.25) is 4.79 Å². The van der Waals surface area contributed by atoms with Crippen LogP contribution in [0.2, 0.25) is 0 Å². The van der Waals surface area contributed by atoms with Gasteiger partial charge in [0.15, 0.2) is 0 Å². The van der Waals surface area contributed by atoms with Gasteiger partial charge in [0.2, 0.25) is 0 Å². The van der Waals surface area contributed by atoms with E-state index in [0.29, 0.717) is 6.61 Å². The highest BCUT2D eigenvalue weighted by Gasteiger charge is 2.23. The Morgan fingerprint density at radius 3 is 2.74 bits per heavy atom. The second-order valence-electron chi connectivity index (χ2n) is 4.63. The zero-order chi connectivity index (χ0) is 13.2. The van der Waals surface area contributed by atoms with E-state index in [-0.39, 0.29) is 12.0 Å². The number of benzene rings is 2. The fourth-order valence-electron chi connectivity index (χ4n) is 2.37. The molecule has 4 heteroatoms. The first kappa shape index (κ1) is 12.6. The lowest BCUT2D eigenvalue weighted by Crippen LogP contribution is -2.26. The normalized spacial score (nSPS) is 18.7. The number of anilines is 1. The number of carbonyl (C=O) groups is 1. The lowest BCUT2D eigenvalue weighted by Gasteiger charge is -2.13. The average Bonchev–Trinajstić information content (AvgIpc) is 2.96. The van der Waals surface area contributed by atoms with Gasteiger partial charge in [-0.1, -0.05) is 40.2 Å². The molecule has 2 aromatic carbocycles. The van der Waals surface area contributed by atoms with E-state index < -0.39 is 0 Å². The SMILES string of the molecule is O=C(Nc1ccc(Br)c2ccccc12)[C@H]1CCCO1. The third-order valence-corrected chi connectivity index (χ3v) is 4.04. The molecule has 1 aliphatic rings. The summed E-state index contributed by atoms with van der Waals surface area (Å²) in [5.74, 6) is -0.0509. The van der Waals surface area contributed by atoms with E-state index >= 15 is 0 Å². The molecule has 0 radical (unpaired) electrons. The molecule has 0 unspecified atom stereocenters. The van der Waals surface area contributed by atoms with Crippen molar-refractivity contribution in [1.82, 2.24) is 0 Å². The molecule has 3 rings (SSSR count). The standard InChI is InChI=1S/C15H14BrNO2/c16-12-7-8-13(11-5-2-1-4-10(11)12)17-15(18)14-6-3-9-19-14/h1-2,4-5,7-8,14H,3,6,9H2,(H,17,18)/t14-/m1/s1. The van der Waals surface area contributed by atoms with Gasteiger partial charge >= 0.3 is 0 Å². The molecule has 1 heterocycles. The maximum Gasteiger partial charge on any atom is 0.253 e. The fraction of sp³-hybridized carbons (Fsp3) is 0.267. The van der Waals surface area contributed by atoms with Crippen LogP contribution in [0.15, 0.2) is 40.9 Å². The predicted octanol–water partition coefficient (Wildman–Crippen LogP) is 3.72. The van der Waals surface area contributed by atoms with Gasteiger partial charge in [0, 0.05) is 22.2 Å². The number of halogens is 1. The molecule has 1 N–H and O–H groups in total. The van der Waals surface area contributed by atoms with Crippen molar-refractivity contribution in [3.05, 3.63) is 40.9 Å². The minimum absolute atomic E-state index is 0.0509. The van der Waals surface area contributed by atoms with Crippen molar-refractivity contribution >= 4 is 38.3 Å². The molecule has 98 valence electrons. The number of carbonyl (C=O) groups excluding carboxylic acids is 1. The molecule has 0 saturated carbocycles. The summed E-state index contributed by atoms with van der Waals surface area (Å²) in [6, 6.07) is 11.9. The number of hydrogen-bond donors (Lipinski definition) is 1. The maximum absolute atomic E-state index is 12.1. The Balaban J connectivity index is 1.92. The van der Waals surface area contributed by atoms with Crippen LogP contribution < -0.4 is 5.32 Å². The van der Waals surface area contributed by atoms with Crippen molar-refractivity contribution in [2.75, 3.05) is 11.9 Å². The first-order valence-corrected chi connectivity index (χ1v) is 7.15. The van der Waals surface area contributed by atoms with E-state index in [0.717, 1.165) is 33.8 Å². The molecule has 1 atom stereocenters. The molecule has 0 aliphatic carbocycles. The monoisotopic (exact) mass is 319 g/mol. The Kier molecular flexibility index (Phi) is 3.53. The van der Waals surface area contributed by atoms with E-state index in [1.165, 1.54) is 0 Å². The first-order valence-electron chi connectivity index (χ1n) is 6.35. The largest absolute Gasteiger partial charge is 0.368 e. The van der Waals surface area contributed by atoms with E-state index in [4.69, 9.17) is 4.74 Å². The number of amides is 1. The molecule has 1 amide bonds. The minimum atomic E-state index is -0.303. The lowest BCUT2D eigenvalue weighted by atomic mass is 10.1. The maximum atomic E-state index is 12.1. The van der Waals surface area contributed by atoms with Crippen molar-refractivity contribution < 1.29 is 9.53 Å². The smallest absolute Gasteiger partial charge is 0.253 e. The van der Waals surface area contributed by atoms with Gasteiger partial charge in [-0.25, -0.2) is 0 Å². The third kappa shape index (κ3) is 2.51. The van der Waals surface area contributed by atoms with Gasteiger partial charge in [0.1, 0.15) is 6.10 Å². The summed E-state index contributed by atoms with van der Waals surface area (Å²) in [4.78, 5) is 12.1. The summed E-state index contributed by atoms with van der Waals surface area (Å²) in [5.41, 5.74) is 0.833. The van der Waals surface area contributed by atoms with Crippen molar-refractivity contribution in [2.24, 2.45) is 0 Å². The summed E-state index contributed by atoms with van der Waals surface area (Å²) < 4.78 is 6.43. The lowest BCUT2D eigenvalue weighted by molar-refractivity contribution is -0.124. The van der Waals surface area contributed by atoms with E-state index in [1.54, 1.807) is 0 Å².